The molecule has 126 valence electrons. The summed E-state index contributed by atoms with van der Waals surface area (Å²) < 4.78 is 1.96. The zero-order valence-corrected chi connectivity index (χ0v) is 15.0. The highest BCUT2D eigenvalue weighted by atomic mass is 35.5. The van der Waals surface area contributed by atoms with Crippen molar-refractivity contribution in [2.45, 2.75) is 20.4 Å². The van der Waals surface area contributed by atoms with Gasteiger partial charge in [-0.2, -0.15) is 5.10 Å². The lowest BCUT2D eigenvalue weighted by molar-refractivity contribution is 0.0796. The zero-order valence-electron chi connectivity index (χ0n) is 14.2. The van der Waals surface area contributed by atoms with Gasteiger partial charge in [0.1, 0.15) is 0 Å². The molecule has 2 rings (SSSR count). The molecule has 1 aromatic heterocycles. The van der Waals surface area contributed by atoms with Gasteiger partial charge in [0.05, 0.1) is 12.2 Å². The average Bonchev–Trinajstić information content (AvgIpc) is 2.82. The first-order valence-corrected chi connectivity index (χ1v) is 7.51. The minimum absolute atomic E-state index is 0. The smallest absolute Gasteiger partial charge is 0.253 e. The molecular formula is C17H25ClN4O. The molecule has 1 aromatic carbocycles. The molecule has 0 saturated carbocycles. The molecule has 6 heteroatoms. The normalized spacial score (nSPS) is 10.3. The predicted molar refractivity (Wildman–Crippen MR) is 95.4 cm³/mol. The van der Waals surface area contributed by atoms with Gasteiger partial charge in [-0.25, -0.2) is 0 Å². The fourth-order valence-corrected chi connectivity index (χ4v) is 2.41. The SMILES string of the molecule is CNCCN(C)C(=O)c1cccc(Cn2nc(C)cc2C)c1.Cl. The van der Waals surface area contributed by atoms with Crippen LogP contribution in [0.3, 0.4) is 0 Å². The van der Waals surface area contributed by atoms with E-state index in [9.17, 15) is 4.79 Å². The highest BCUT2D eigenvalue weighted by Crippen LogP contribution is 2.11. The van der Waals surface area contributed by atoms with E-state index in [0.717, 1.165) is 29.1 Å². The third-order valence-corrected chi connectivity index (χ3v) is 3.65. The Labute approximate surface area is 144 Å². The van der Waals surface area contributed by atoms with Gasteiger partial charge in [0, 0.05) is 31.4 Å². The molecule has 0 saturated heterocycles. The number of hydrogen-bond acceptors (Lipinski definition) is 3. The van der Waals surface area contributed by atoms with Crippen LogP contribution in [0.4, 0.5) is 0 Å². The van der Waals surface area contributed by atoms with Gasteiger partial charge in [0.15, 0.2) is 0 Å². The van der Waals surface area contributed by atoms with Crippen LogP contribution in [0.1, 0.15) is 27.3 Å². The van der Waals surface area contributed by atoms with E-state index >= 15 is 0 Å². The van der Waals surface area contributed by atoms with Gasteiger partial charge < -0.3 is 10.2 Å². The molecule has 1 amide bonds. The van der Waals surface area contributed by atoms with Gasteiger partial charge in [0.2, 0.25) is 0 Å². The topological polar surface area (TPSA) is 50.2 Å². The van der Waals surface area contributed by atoms with Gasteiger partial charge >= 0.3 is 0 Å². The summed E-state index contributed by atoms with van der Waals surface area (Å²) in [6.07, 6.45) is 0. The first-order valence-electron chi connectivity index (χ1n) is 7.51. The molecule has 1 heterocycles. The summed E-state index contributed by atoms with van der Waals surface area (Å²) in [5, 5.41) is 7.52. The zero-order chi connectivity index (χ0) is 16.1. The molecule has 5 nitrogen and oxygen atoms in total. The number of rotatable bonds is 6. The van der Waals surface area contributed by atoms with Gasteiger partial charge in [-0.3, -0.25) is 9.48 Å². The largest absolute Gasteiger partial charge is 0.340 e. The number of aryl methyl sites for hydroxylation is 2. The predicted octanol–water partition coefficient (Wildman–Crippen LogP) is 2.26. The van der Waals surface area contributed by atoms with Crippen molar-refractivity contribution in [1.29, 1.82) is 0 Å². The van der Waals surface area contributed by atoms with Crippen molar-refractivity contribution in [2.24, 2.45) is 0 Å². The minimum atomic E-state index is 0. The van der Waals surface area contributed by atoms with Gasteiger partial charge in [0.25, 0.3) is 5.91 Å². The monoisotopic (exact) mass is 336 g/mol. The number of carbonyl (C=O) groups is 1. The molecule has 0 unspecified atom stereocenters. The third-order valence-electron chi connectivity index (χ3n) is 3.65. The second kappa shape index (κ2) is 8.70. The number of benzene rings is 1. The highest BCUT2D eigenvalue weighted by Gasteiger charge is 2.12. The van der Waals surface area contributed by atoms with E-state index < -0.39 is 0 Å². The molecule has 0 aliphatic carbocycles. The maximum Gasteiger partial charge on any atom is 0.253 e. The Hall–Kier alpha value is -1.85. The van der Waals surface area contributed by atoms with E-state index in [-0.39, 0.29) is 18.3 Å². The molecule has 0 aliphatic rings. The van der Waals surface area contributed by atoms with Crippen LogP contribution in [-0.2, 0) is 6.54 Å². The van der Waals surface area contributed by atoms with E-state index in [1.54, 1.807) is 4.90 Å². The van der Waals surface area contributed by atoms with Crippen LogP contribution >= 0.6 is 12.4 Å². The fourth-order valence-electron chi connectivity index (χ4n) is 2.41. The summed E-state index contributed by atoms with van der Waals surface area (Å²) in [4.78, 5) is 14.1. The summed E-state index contributed by atoms with van der Waals surface area (Å²) in [7, 11) is 3.71. The van der Waals surface area contributed by atoms with Crippen LogP contribution in [0.5, 0.6) is 0 Å². The second-order valence-corrected chi connectivity index (χ2v) is 5.62. The molecule has 0 radical (unpaired) electrons. The number of carbonyl (C=O) groups excluding carboxylic acids is 1. The Kier molecular flexibility index (Phi) is 7.26. The average molecular weight is 337 g/mol. The van der Waals surface area contributed by atoms with Crippen molar-refractivity contribution in [3.63, 3.8) is 0 Å². The lowest BCUT2D eigenvalue weighted by atomic mass is 10.1. The first-order chi connectivity index (χ1) is 10.5. The molecule has 0 fully saturated rings. The van der Waals surface area contributed by atoms with Gasteiger partial charge in [-0.1, -0.05) is 12.1 Å². The molecule has 0 atom stereocenters. The molecule has 1 N–H and O–H groups in total. The third kappa shape index (κ3) is 5.08. The summed E-state index contributed by atoms with van der Waals surface area (Å²) in [5.74, 6) is 0.0467. The number of nitrogens with one attached hydrogen (secondary N) is 1. The molecule has 2 aromatic rings. The van der Waals surface area contributed by atoms with Crippen LogP contribution < -0.4 is 5.32 Å². The number of likely N-dealkylation sites (N-methyl/N-ethyl adjacent to an activating group) is 2. The number of aromatic nitrogens is 2. The number of halogens is 1. The summed E-state index contributed by atoms with van der Waals surface area (Å²) in [5.41, 5.74) is 3.94. The maximum atomic E-state index is 12.4. The molecular weight excluding hydrogens is 312 g/mol. The maximum absolute atomic E-state index is 12.4. The Morgan fingerprint density at radius 2 is 2.04 bits per heavy atom. The van der Waals surface area contributed by atoms with Crippen molar-refractivity contribution in [2.75, 3.05) is 27.2 Å². The lowest BCUT2D eigenvalue weighted by Crippen LogP contribution is -2.32. The Morgan fingerprint density at radius 1 is 1.30 bits per heavy atom. The summed E-state index contributed by atoms with van der Waals surface area (Å²) >= 11 is 0. The Morgan fingerprint density at radius 3 is 2.65 bits per heavy atom. The van der Waals surface area contributed by atoms with Crippen LogP contribution in [0.25, 0.3) is 0 Å². The first kappa shape index (κ1) is 19.2. The highest BCUT2D eigenvalue weighted by molar-refractivity contribution is 5.94. The molecule has 23 heavy (non-hydrogen) atoms. The van der Waals surface area contributed by atoms with Crippen molar-refractivity contribution in [3.8, 4) is 0 Å². The quantitative estimate of drug-likeness (QED) is 0.880. The Balaban J connectivity index is 0.00000264. The van der Waals surface area contributed by atoms with E-state index in [2.05, 4.69) is 16.5 Å². The van der Waals surface area contributed by atoms with Gasteiger partial charge in [-0.15, -0.1) is 12.4 Å². The second-order valence-electron chi connectivity index (χ2n) is 5.62. The van der Waals surface area contributed by atoms with Crippen molar-refractivity contribution in [3.05, 3.63) is 52.8 Å². The molecule has 0 aliphatic heterocycles. The van der Waals surface area contributed by atoms with Crippen LogP contribution in [-0.4, -0.2) is 47.8 Å². The van der Waals surface area contributed by atoms with Crippen LogP contribution in [0.15, 0.2) is 30.3 Å². The number of hydrogen-bond donors (Lipinski definition) is 1. The van der Waals surface area contributed by atoms with E-state index in [0.29, 0.717) is 13.1 Å². The van der Waals surface area contributed by atoms with Crippen molar-refractivity contribution >= 4 is 18.3 Å². The molecule has 0 bridgehead atoms. The van der Waals surface area contributed by atoms with Gasteiger partial charge in [-0.05, 0) is 44.7 Å². The summed E-state index contributed by atoms with van der Waals surface area (Å²) in [6.45, 7) is 6.19. The fraction of sp³-hybridized carbons (Fsp3) is 0.412. The van der Waals surface area contributed by atoms with E-state index in [1.807, 2.05) is 56.9 Å². The Bertz CT molecular complexity index is 654. The van der Waals surface area contributed by atoms with Crippen molar-refractivity contribution < 1.29 is 4.79 Å². The number of nitrogens with zero attached hydrogens (tertiary/aromatic N) is 3. The minimum Gasteiger partial charge on any atom is -0.340 e. The summed E-state index contributed by atoms with van der Waals surface area (Å²) in [6, 6.07) is 9.83. The molecule has 0 spiro atoms. The van der Waals surface area contributed by atoms with Crippen LogP contribution in [0.2, 0.25) is 0 Å². The van der Waals surface area contributed by atoms with E-state index in [4.69, 9.17) is 0 Å². The standard InChI is InChI=1S/C17H24N4O.ClH/c1-13-10-14(2)21(19-13)12-15-6-5-7-16(11-15)17(22)20(4)9-8-18-3;/h5-7,10-11,18H,8-9,12H2,1-4H3;1H. The van der Waals surface area contributed by atoms with E-state index in [1.165, 1.54) is 0 Å². The van der Waals surface area contributed by atoms with Crippen LogP contribution in [0, 0.1) is 13.8 Å². The lowest BCUT2D eigenvalue weighted by Gasteiger charge is -2.17. The number of amides is 1. The van der Waals surface area contributed by atoms with Crippen molar-refractivity contribution in [1.82, 2.24) is 20.0 Å².